The van der Waals surface area contributed by atoms with Crippen LogP contribution in [-0.4, -0.2) is 61.8 Å². The van der Waals surface area contributed by atoms with Crippen LogP contribution in [0.5, 0.6) is 0 Å². The zero-order chi connectivity index (χ0) is 19.0. The fourth-order valence-electron chi connectivity index (χ4n) is 4.77. The molecule has 0 aromatic heterocycles. The molecule has 28 heavy (non-hydrogen) atoms. The number of hydrogen-bond acceptors (Lipinski definition) is 4. The van der Waals surface area contributed by atoms with Gasteiger partial charge in [-0.2, -0.15) is 4.31 Å². The average molecular weight is 428 g/mol. The van der Waals surface area contributed by atoms with Crippen LogP contribution in [0.1, 0.15) is 37.7 Å². The van der Waals surface area contributed by atoms with E-state index in [-0.39, 0.29) is 30.3 Å². The van der Waals surface area contributed by atoms with Crippen LogP contribution in [0, 0.1) is 12.8 Å². The van der Waals surface area contributed by atoms with Crippen LogP contribution < -0.4 is 5.32 Å². The van der Waals surface area contributed by atoms with Gasteiger partial charge in [0.1, 0.15) is 0 Å². The van der Waals surface area contributed by atoms with Crippen molar-refractivity contribution >= 4 is 28.3 Å². The molecule has 1 aromatic carbocycles. The number of sulfonamides is 1. The molecule has 0 spiro atoms. The van der Waals surface area contributed by atoms with Crippen molar-refractivity contribution < 1.29 is 13.2 Å². The number of fused-ring (bicyclic) bond motifs is 2. The van der Waals surface area contributed by atoms with Crippen molar-refractivity contribution in [2.45, 2.75) is 56.0 Å². The molecule has 3 atom stereocenters. The van der Waals surface area contributed by atoms with Gasteiger partial charge < -0.3 is 10.2 Å². The number of rotatable bonds is 3. The summed E-state index contributed by atoms with van der Waals surface area (Å²) in [6.07, 6.45) is 4.66. The van der Waals surface area contributed by atoms with E-state index in [4.69, 9.17) is 0 Å². The number of hydrogen-bond donors (Lipinski definition) is 1. The fourth-order valence-corrected chi connectivity index (χ4v) is 6.30. The molecule has 6 nitrogen and oxygen atoms in total. The number of carbonyl (C=O) groups is 1. The number of aryl methyl sites for hydroxylation is 1. The summed E-state index contributed by atoms with van der Waals surface area (Å²) in [5.41, 5.74) is 1.03. The average Bonchev–Trinajstić information content (AvgIpc) is 2.94. The predicted molar refractivity (Wildman–Crippen MR) is 111 cm³/mol. The monoisotopic (exact) mass is 427 g/mol. The van der Waals surface area contributed by atoms with E-state index in [2.05, 4.69) is 10.2 Å². The van der Waals surface area contributed by atoms with Gasteiger partial charge in [0, 0.05) is 31.7 Å². The van der Waals surface area contributed by atoms with Crippen LogP contribution in [0.2, 0.25) is 0 Å². The summed E-state index contributed by atoms with van der Waals surface area (Å²) in [4.78, 5) is 15.7. The maximum absolute atomic E-state index is 13.3. The molecule has 0 aliphatic carbocycles. The van der Waals surface area contributed by atoms with E-state index in [1.165, 1.54) is 4.31 Å². The summed E-state index contributed by atoms with van der Waals surface area (Å²) < 4.78 is 27.6. The van der Waals surface area contributed by atoms with Crippen LogP contribution in [0.25, 0.3) is 0 Å². The number of piperidine rings is 1. The highest BCUT2D eigenvalue weighted by atomic mass is 35.5. The smallest absolute Gasteiger partial charge is 0.243 e. The third-order valence-corrected chi connectivity index (χ3v) is 8.18. The van der Waals surface area contributed by atoms with Crippen LogP contribution in [0.15, 0.2) is 29.2 Å². The number of carbonyl (C=O) groups excluding carboxylic acids is 1. The van der Waals surface area contributed by atoms with Crippen LogP contribution in [-0.2, 0) is 14.8 Å². The first kappa shape index (κ1) is 21.6. The molecule has 3 aliphatic heterocycles. The van der Waals surface area contributed by atoms with Crippen LogP contribution in [0.4, 0.5) is 0 Å². The van der Waals surface area contributed by atoms with Gasteiger partial charge in [0.15, 0.2) is 0 Å². The number of nitrogens with one attached hydrogen (secondary N) is 1. The van der Waals surface area contributed by atoms with E-state index in [1.807, 2.05) is 19.1 Å². The van der Waals surface area contributed by atoms with Gasteiger partial charge in [-0.15, -0.1) is 12.4 Å². The van der Waals surface area contributed by atoms with E-state index in [1.54, 1.807) is 12.1 Å². The molecular weight excluding hydrogens is 398 g/mol. The molecule has 8 heteroatoms. The van der Waals surface area contributed by atoms with Crippen LogP contribution in [0.3, 0.4) is 0 Å². The molecule has 1 amide bonds. The third-order valence-electron chi connectivity index (χ3n) is 6.30. The molecule has 1 aromatic rings. The Kier molecular flexibility index (Phi) is 6.69. The molecule has 3 aliphatic rings. The molecule has 2 bridgehead atoms. The largest absolute Gasteiger partial charge is 0.335 e. The molecule has 3 saturated heterocycles. The van der Waals surface area contributed by atoms with Gasteiger partial charge in [-0.25, -0.2) is 8.42 Å². The first-order valence-electron chi connectivity index (χ1n) is 10.1. The third kappa shape index (κ3) is 4.08. The van der Waals surface area contributed by atoms with Gasteiger partial charge in [-0.05, 0) is 57.7 Å². The van der Waals surface area contributed by atoms with Gasteiger partial charge in [0.05, 0.1) is 10.8 Å². The highest BCUT2D eigenvalue weighted by Crippen LogP contribution is 2.32. The molecule has 1 N–H and O–H groups in total. The Morgan fingerprint density at radius 3 is 2.54 bits per heavy atom. The van der Waals surface area contributed by atoms with Gasteiger partial charge in [-0.1, -0.05) is 17.7 Å². The first-order valence-corrected chi connectivity index (χ1v) is 11.5. The standard InChI is InChI=1S/C20H29N3O3S.ClH/c1-15-4-8-19(9-5-15)27(25,26)22-12-2-3-16(14-22)20(24)23-17-6-7-18(23)13-21-11-10-17;/h4-5,8-9,16-18,21H,2-3,6-7,10-14H2,1H3;1H. The first-order chi connectivity index (χ1) is 13.0. The Hall–Kier alpha value is -1.15. The lowest BCUT2D eigenvalue weighted by Gasteiger charge is -2.36. The molecule has 0 radical (unpaired) electrons. The molecule has 156 valence electrons. The van der Waals surface area contributed by atoms with Gasteiger partial charge in [0.25, 0.3) is 0 Å². The molecular formula is C20H30ClN3O3S. The van der Waals surface area contributed by atoms with Crippen LogP contribution >= 0.6 is 12.4 Å². The zero-order valence-corrected chi connectivity index (χ0v) is 18.0. The Balaban J connectivity index is 0.00000225. The lowest BCUT2D eigenvalue weighted by atomic mass is 9.97. The lowest BCUT2D eigenvalue weighted by Crippen LogP contribution is -2.50. The molecule has 3 unspecified atom stereocenters. The topological polar surface area (TPSA) is 69.7 Å². The second-order valence-electron chi connectivity index (χ2n) is 8.14. The summed E-state index contributed by atoms with van der Waals surface area (Å²) in [6, 6.07) is 7.56. The van der Waals surface area contributed by atoms with Crippen molar-refractivity contribution in [3.8, 4) is 0 Å². The summed E-state index contributed by atoms with van der Waals surface area (Å²) in [7, 11) is -3.54. The van der Waals surface area contributed by atoms with Crippen molar-refractivity contribution in [1.82, 2.24) is 14.5 Å². The number of benzene rings is 1. The fraction of sp³-hybridized carbons (Fsp3) is 0.650. The highest BCUT2D eigenvalue weighted by molar-refractivity contribution is 7.89. The van der Waals surface area contributed by atoms with Crippen molar-refractivity contribution in [3.05, 3.63) is 29.8 Å². The highest BCUT2D eigenvalue weighted by Gasteiger charge is 2.42. The quantitative estimate of drug-likeness (QED) is 0.802. The van der Waals surface area contributed by atoms with Gasteiger partial charge >= 0.3 is 0 Å². The lowest BCUT2D eigenvalue weighted by molar-refractivity contribution is -0.139. The Morgan fingerprint density at radius 1 is 1.07 bits per heavy atom. The number of amides is 1. The number of halogens is 1. The second-order valence-corrected chi connectivity index (χ2v) is 10.1. The molecule has 0 saturated carbocycles. The van der Waals surface area contributed by atoms with E-state index in [0.29, 0.717) is 24.0 Å². The normalized spacial score (nSPS) is 28.5. The zero-order valence-electron chi connectivity index (χ0n) is 16.3. The van der Waals surface area contributed by atoms with Gasteiger partial charge in [0.2, 0.25) is 15.9 Å². The Morgan fingerprint density at radius 2 is 1.79 bits per heavy atom. The van der Waals surface area contributed by atoms with Crippen molar-refractivity contribution in [3.63, 3.8) is 0 Å². The minimum absolute atomic E-state index is 0. The molecule has 3 heterocycles. The maximum atomic E-state index is 13.3. The summed E-state index contributed by atoms with van der Waals surface area (Å²) in [5, 5.41) is 3.43. The van der Waals surface area contributed by atoms with Crippen molar-refractivity contribution in [1.29, 1.82) is 0 Å². The van der Waals surface area contributed by atoms with Gasteiger partial charge in [-0.3, -0.25) is 4.79 Å². The van der Waals surface area contributed by atoms with E-state index >= 15 is 0 Å². The van der Waals surface area contributed by atoms with Crippen molar-refractivity contribution in [2.75, 3.05) is 26.2 Å². The minimum Gasteiger partial charge on any atom is -0.335 e. The Labute approximate surface area is 174 Å². The maximum Gasteiger partial charge on any atom is 0.243 e. The van der Waals surface area contributed by atoms with E-state index in [9.17, 15) is 13.2 Å². The second kappa shape index (κ2) is 8.69. The molecule has 3 fully saturated rings. The van der Waals surface area contributed by atoms with Crippen molar-refractivity contribution in [2.24, 2.45) is 5.92 Å². The molecule has 4 rings (SSSR count). The minimum atomic E-state index is -3.54. The summed E-state index contributed by atoms with van der Waals surface area (Å²) in [5.74, 6) is -0.0600. The summed E-state index contributed by atoms with van der Waals surface area (Å²) >= 11 is 0. The summed E-state index contributed by atoms with van der Waals surface area (Å²) in [6.45, 7) is 4.56. The van der Waals surface area contributed by atoms with E-state index in [0.717, 1.165) is 50.8 Å². The Bertz CT molecular complexity index is 785. The van der Waals surface area contributed by atoms with E-state index < -0.39 is 10.0 Å². The predicted octanol–water partition coefficient (Wildman–Crippen LogP) is 2.17. The number of nitrogens with zero attached hydrogens (tertiary/aromatic N) is 2. The SMILES string of the molecule is Cc1ccc(S(=O)(=O)N2CCCC(C(=O)N3C4CCNCC3CC4)C2)cc1.Cl.